The molecule has 3 rings (SSSR count). The number of para-hydroxylation sites is 1. The van der Waals surface area contributed by atoms with Crippen LogP contribution in [0.25, 0.3) is 16.6 Å². The second-order valence-corrected chi connectivity index (χ2v) is 3.37. The number of halogens is 1. The summed E-state index contributed by atoms with van der Waals surface area (Å²) in [4.78, 5) is 0. The third kappa shape index (κ3) is 0.914. The molecule has 1 aromatic carbocycles. The summed E-state index contributed by atoms with van der Waals surface area (Å²) in [6.45, 7) is 0. The summed E-state index contributed by atoms with van der Waals surface area (Å²) < 4.78 is 1.64. The van der Waals surface area contributed by atoms with Crippen molar-refractivity contribution < 1.29 is 0 Å². The van der Waals surface area contributed by atoms with Gasteiger partial charge in [-0.1, -0.05) is 29.8 Å². The van der Waals surface area contributed by atoms with E-state index in [0.29, 0.717) is 10.7 Å². The molecule has 3 aromatic rings. The highest BCUT2D eigenvalue weighted by Gasteiger charge is 2.06. The van der Waals surface area contributed by atoms with Gasteiger partial charge in [0.1, 0.15) is 0 Å². The standard InChI is InChI=1S/C9H5ClN4/c10-7-5-6-3-1-2-4-8(6)14-9(7)11-12-13-14/h1-5H. The van der Waals surface area contributed by atoms with Crippen LogP contribution in [0.3, 0.4) is 0 Å². The van der Waals surface area contributed by atoms with E-state index in [2.05, 4.69) is 15.5 Å². The van der Waals surface area contributed by atoms with Crippen molar-refractivity contribution in [1.82, 2.24) is 20.0 Å². The molecule has 14 heavy (non-hydrogen) atoms. The van der Waals surface area contributed by atoms with Crippen molar-refractivity contribution in [2.45, 2.75) is 0 Å². The van der Waals surface area contributed by atoms with Crippen molar-refractivity contribution in [2.75, 3.05) is 0 Å². The smallest absolute Gasteiger partial charge is 0.191 e. The first-order chi connectivity index (χ1) is 6.86. The van der Waals surface area contributed by atoms with Crippen LogP contribution in [0.5, 0.6) is 0 Å². The van der Waals surface area contributed by atoms with Crippen LogP contribution in [0.4, 0.5) is 0 Å². The average molecular weight is 205 g/mol. The summed E-state index contributed by atoms with van der Waals surface area (Å²) >= 11 is 6.01. The minimum Gasteiger partial charge on any atom is -0.191 e. The van der Waals surface area contributed by atoms with Crippen molar-refractivity contribution in [2.24, 2.45) is 0 Å². The lowest BCUT2D eigenvalue weighted by atomic mass is 10.2. The van der Waals surface area contributed by atoms with Gasteiger partial charge in [0.2, 0.25) is 0 Å². The predicted octanol–water partition coefficient (Wildman–Crippen LogP) is 1.93. The van der Waals surface area contributed by atoms with Crippen molar-refractivity contribution >= 4 is 28.2 Å². The minimum atomic E-state index is 0.564. The zero-order valence-corrected chi connectivity index (χ0v) is 7.81. The first-order valence-electron chi connectivity index (χ1n) is 4.11. The van der Waals surface area contributed by atoms with Gasteiger partial charge in [-0.05, 0) is 22.6 Å². The van der Waals surface area contributed by atoms with Gasteiger partial charge >= 0.3 is 0 Å². The number of rotatable bonds is 0. The van der Waals surface area contributed by atoms with Crippen LogP contribution in [0.1, 0.15) is 0 Å². The third-order valence-corrected chi connectivity index (χ3v) is 2.41. The second-order valence-electron chi connectivity index (χ2n) is 2.97. The molecule has 0 amide bonds. The van der Waals surface area contributed by atoms with Crippen molar-refractivity contribution in [3.63, 3.8) is 0 Å². The van der Waals surface area contributed by atoms with Crippen molar-refractivity contribution in [3.05, 3.63) is 35.4 Å². The SMILES string of the molecule is Clc1cc2ccccc2n2nnnc12. The topological polar surface area (TPSA) is 43.1 Å². The van der Waals surface area contributed by atoms with Gasteiger partial charge in [0.25, 0.3) is 0 Å². The van der Waals surface area contributed by atoms with Gasteiger partial charge in [-0.25, -0.2) is 0 Å². The molecule has 68 valence electrons. The maximum atomic E-state index is 6.01. The van der Waals surface area contributed by atoms with E-state index in [1.807, 2.05) is 30.3 Å². The Balaban J connectivity index is 2.66. The molecule has 4 nitrogen and oxygen atoms in total. The van der Waals surface area contributed by atoms with Crippen LogP contribution < -0.4 is 0 Å². The number of tetrazole rings is 1. The lowest BCUT2D eigenvalue weighted by molar-refractivity contribution is 0.842. The van der Waals surface area contributed by atoms with Gasteiger partial charge in [-0.3, -0.25) is 0 Å². The lowest BCUT2D eigenvalue weighted by Gasteiger charge is -1.99. The van der Waals surface area contributed by atoms with Crippen LogP contribution in [0.2, 0.25) is 5.02 Å². The number of pyridine rings is 1. The lowest BCUT2D eigenvalue weighted by Crippen LogP contribution is -1.90. The molecule has 5 heteroatoms. The van der Waals surface area contributed by atoms with Gasteiger partial charge in [0, 0.05) is 5.39 Å². The minimum absolute atomic E-state index is 0.564. The van der Waals surface area contributed by atoms with Crippen LogP contribution >= 0.6 is 11.6 Å². The molecular formula is C9H5ClN4. The van der Waals surface area contributed by atoms with E-state index in [4.69, 9.17) is 11.6 Å². The fourth-order valence-electron chi connectivity index (χ4n) is 1.50. The summed E-state index contributed by atoms with van der Waals surface area (Å²) in [6, 6.07) is 9.69. The molecule has 0 spiro atoms. The van der Waals surface area contributed by atoms with E-state index in [0.717, 1.165) is 10.9 Å². The molecule has 0 saturated heterocycles. The third-order valence-electron chi connectivity index (χ3n) is 2.13. The van der Waals surface area contributed by atoms with E-state index in [1.165, 1.54) is 0 Å². The Hall–Kier alpha value is -1.68. The molecule has 0 bridgehead atoms. The molecule has 0 atom stereocenters. The molecule has 0 aliphatic rings. The Kier molecular flexibility index (Phi) is 1.46. The normalized spacial score (nSPS) is 11.2. The molecular weight excluding hydrogens is 200 g/mol. The van der Waals surface area contributed by atoms with Gasteiger partial charge in [-0.2, -0.15) is 4.52 Å². The van der Waals surface area contributed by atoms with Crippen molar-refractivity contribution in [3.8, 4) is 0 Å². The van der Waals surface area contributed by atoms with Gasteiger partial charge < -0.3 is 0 Å². The monoisotopic (exact) mass is 204 g/mol. The van der Waals surface area contributed by atoms with Gasteiger partial charge in [0.05, 0.1) is 10.5 Å². The van der Waals surface area contributed by atoms with Crippen LogP contribution in [0.15, 0.2) is 30.3 Å². The number of hydrogen-bond acceptors (Lipinski definition) is 3. The zero-order chi connectivity index (χ0) is 9.54. The van der Waals surface area contributed by atoms with Crippen LogP contribution in [-0.4, -0.2) is 20.0 Å². The number of hydrogen-bond donors (Lipinski definition) is 0. The Bertz CT molecular complexity index is 616. The zero-order valence-electron chi connectivity index (χ0n) is 7.05. The summed E-state index contributed by atoms with van der Waals surface area (Å²) in [6.07, 6.45) is 0. The van der Waals surface area contributed by atoms with E-state index >= 15 is 0 Å². The maximum Gasteiger partial charge on any atom is 0.198 e. The molecule has 0 fully saturated rings. The van der Waals surface area contributed by atoms with E-state index in [-0.39, 0.29) is 0 Å². The highest BCUT2D eigenvalue weighted by molar-refractivity contribution is 6.34. The summed E-state index contributed by atoms with van der Waals surface area (Å²) in [5.74, 6) is 0. The fourth-order valence-corrected chi connectivity index (χ4v) is 1.74. The molecule has 0 saturated carbocycles. The highest BCUT2D eigenvalue weighted by atomic mass is 35.5. The molecule has 0 N–H and O–H groups in total. The van der Waals surface area contributed by atoms with Crippen LogP contribution in [0, 0.1) is 0 Å². The highest BCUT2D eigenvalue weighted by Crippen LogP contribution is 2.21. The number of fused-ring (bicyclic) bond motifs is 3. The first-order valence-corrected chi connectivity index (χ1v) is 4.49. The summed E-state index contributed by atoms with van der Waals surface area (Å²) in [5, 5.41) is 12.9. The molecule has 2 heterocycles. The first kappa shape index (κ1) is 7.70. The summed E-state index contributed by atoms with van der Waals surface area (Å²) in [5.41, 5.74) is 1.54. The molecule has 0 unspecified atom stereocenters. The quantitative estimate of drug-likeness (QED) is 0.562. The fraction of sp³-hybridized carbons (Fsp3) is 0. The number of benzene rings is 1. The molecule has 0 radical (unpaired) electrons. The Morgan fingerprint density at radius 2 is 2.07 bits per heavy atom. The second kappa shape index (κ2) is 2.65. The predicted molar refractivity (Wildman–Crippen MR) is 53.3 cm³/mol. The largest absolute Gasteiger partial charge is 0.198 e. The Labute approximate surface area is 84.1 Å². The van der Waals surface area contributed by atoms with Crippen LogP contribution in [-0.2, 0) is 0 Å². The van der Waals surface area contributed by atoms with Gasteiger partial charge in [0.15, 0.2) is 5.65 Å². The average Bonchev–Trinajstić information content (AvgIpc) is 2.67. The molecule has 2 aromatic heterocycles. The van der Waals surface area contributed by atoms with E-state index in [9.17, 15) is 0 Å². The number of nitrogens with zero attached hydrogens (tertiary/aromatic N) is 4. The maximum absolute atomic E-state index is 6.01. The van der Waals surface area contributed by atoms with Crippen molar-refractivity contribution in [1.29, 1.82) is 0 Å². The Morgan fingerprint density at radius 3 is 3.00 bits per heavy atom. The Morgan fingerprint density at radius 1 is 1.21 bits per heavy atom. The van der Waals surface area contributed by atoms with E-state index in [1.54, 1.807) is 4.52 Å². The molecule has 0 aliphatic carbocycles. The summed E-state index contributed by atoms with van der Waals surface area (Å²) in [7, 11) is 0. The van der Waals surface area contributed by atoms with E-state index < -0.39 is 0 Å². The molecule has 0 aliphatic heterocycles. The number of aromatic nitrogens is 4. The van der Waals surface area contributed by atoms with Gasteiger partial charge in [-0.15, -0.1) is 5.10 Å².